The lowest BCUT2D eigenvalue weighted by atomic mass is 9.98. The SMILES string of the molecule is Cl.Cn1nc(C2CCNCC2)nc1NC(=O)CCn1ccc2ccccc21. The third kappa shape index (κ3) is 4.31. The van der Waals surface area contributed by atoms with Gasteiger partial charge in [0.15, 0.2) is 5.82 Å². The third-order valence-corrected chi connectivity index (χ3v) is 4.99. The van der Waals surface area contributed by atoms with Crippen molar-refractivity contribution in [2.24, 2.45) is 7.05 Å². The van der Waals surface area contributed by atoms with Crippen LogP contribution in [0.15, 0.2) is 36.5 Å². The second-order valence-electron chi connectivity index (χ2n) is 6.81. The normalized spacial score (nSPS) is 14.9. The fourth-order valence-corrected chi connectivity index (χ4v) is 3.51. The maximum absolute atomic E-state index is 12.4. The van der Waals surface area contributed by atoms with Gasteiger partial charge < -0.3 is 9.88 Å². The largest absolute Gasteiger partial charge is 0.347 e. The number of aromatic nitrogens is 4. The van der Waals surface area contributed by atoms with Crippen molar-refractivity contribution in [2.75, 3.05) is 18.4 Å². The van der Waals surface area contributed by atoms with Gasteiger partial charge in [0, 0.05) is 37.6 Å². The van der Waals surface area contributed by atoms with Gasteiger partial charge in [-0.15, -0.1) is 12.4 Å². The fourth-order valence-electron chi connectivity index (χ4n) is 3.51. The quantitative estimate of drug-likeness (QED) is 0.704. The molecule has 1 fully saturated rings. The van der Waals surface area contributed by atoms with Crippen LogP contribution in [0.5, 0.6) is 0 Å². The van der Waals surface area contributed by atoms with E-state index in [1.165, 1.54) is 5.39 Å². The van der Waals surface area contributed by atoms with Crippen molar-refractivity contribution in [3.8, 4) is 0 Å². The summed E-state index contributed by atoms with van der Waals surface area (Å²) in [4.78, 5) is 16.9. The summed E-state index contributed by atoms with van der Waals surface area (Å²) in [6.45, 7) is 2.63. The molecule has 4 rings (SSSR count). The lowest BCUT2D eigenvalue weighted by Crippen LogP contribution is -2.27. The monoisotopic (exact) mass is 388 g/mol. The number of carbonyl (C=O) groups excluding carboxylic acids is 1. The predicted octanol–water partition coefficient (Wildman–Crippen LogP) is 2.69. The molecule has 1 aliphatic rings. The zero-order valence-corrected chi connectivity index (χ0v) is 16.2. The zero-order valence-electron chi connectivity index (χ0n) is 15.4. The maximum Gasteiger partial charge on any atom is 0.228 e. The smallest absolute Gasteiger partial charge is 0.228 e. The van der Waals surface area contributed by atoms with Crippen LogP contribution in [-0.2, 0) is 18.4 Å². The van der Waals surface area contributed by atoms with Crippen LogP contribution >= 0.6 is 12.4 Å². The number of rotatable bonds is 5. The van der Waals surface area contributed by atoms with Gasteiger partial charge in [0.2, 0.25) is 11.9 Å². The van der Waals surface area contributed by atoms with E-state index < -0.39 is 0 Å². The first kappa shape index (κ1) is 19.4. The Morgan fingerprint density at radius 3 is 2.85 bits per heavy atom. The number of hydrogen-bond acceptors (Lipinski definition) is 4. The van der Waals surface area contributed by atoms with E-state index in [4.69, 9.17) is 0 Å². The molecule has 2 N–H and O–H groups in total. The number of hydrogen-bond donors (Lipinski definition) is 2. The highest BCUT2D eigenvalue weighted by molar-refractivity contribution is 5.89. The van der Waals surface area contributed by atoms with Gasteiger partial charge in [0.1, 0.15) is 0 Å². The van der Waals surface area contributed by atoms with E-state index in [9.17, 15) is 4.79 Å². The molecule has 1 saturated heterocycles. The molecule has 0 radical (unpaired) electrons. The van der Waals surface area contributed by atoms with Gasteiger partial charge in [-0.1, -0.05) is 18.2 Å². The first-order valence-electron chi connectivity index (χ1n) is 9.16. The van der Waals surface area contributed by atoms with Gasteiger partial charge in [0.05, 0.1) is 0 Å². The number of amides is 1. The topological polar surface area (TPSA) is 76.8 Å². The van der Waals surface area contributed by atoms with Gasteiger partial charge >= 0.3 is 0 Å². The number of para-hydroxylation sites is 1. The number of anilines is 1. The summed E-state index contributed by atoms with van der Waals surface area (Å²) in [5, 5.41) is 11.9. The summed E-state index contributed by atoms with van der Waals surface area (Å²) in [5.74, 6) is 1.69. The maximum atomic E-state index is 12.4. The molecule has 0 aliphatic carbocycles. The van der Waals surface area contributed by atoms with E-state index in [1.54, 1.807) is 4.68 Å². The van der Waals surface area contributed by atoms with Crippen LogP contribution in [0.25, 0.3) is 10.9 Å². The summed E-state index contributed by atoms with van der Waals surface area (Å²) in [5.41, 5.74) is 1.15. The van der Waals surface area contributed by atoms with Crippen molar-refractivity contribution in [3.05, 3.63) is 42.4 Å². The highest BCUT2D eigenvalue weighted by atomic mass is 35.5. The second-order valence-corrected chi connectivity index (χ2v) is 6.81. The number of halogens is 1. The van der Waals surface area contributed by atoms with E-state index in [0.29, 0.717) is 24.8 Å². The van der Waals surface area contributed by atoms with Crippen molar-refractivity contribution in [3.63, 3.8) is 0 Å². The molecule has 144 valence electrons. The van der Waals surface area contributed by atoms with Crippen molar-refractivity contribution >= 4 is 35.2 Å². The summed E-state index contributed by atoms with van der Waals surface area (Å²) >= 11 is 0. The number of nitrogens with zero attached hydrogens (tertiary/aromatic N) is 4. The molecule has 8 heteroatoms. The molecule has 0 saturated carbocycles. The number of carbonyl (C=O) groups is 1. The molecule has 3 aromatic rings. The average Bonchev–Trinajstić information content (AvgIpc) is 3.25. The van der Waals surface area contributed by atoms with Crippen LogP contribution in [0.1, 0.15) is 31.0 Å². The first-order chi connectivity index (χ1) is 12.7. The van der Waals surface area contributed by atoms with E-state index in [2.05, 4.69) is 43.5 Å². The molecule has 1 aliphatic heterocycles. The Morgan fingerprint density at radius 2 is 2.04 bits per heavy atom. The van der Waals surface area contributed by atoms with Gasteiger partial charge in [-0.05, 0) is 43.5 Å². The standard InChI is InChI=1S/C19H24N6O.ClH/c1-24-19(22-18(23-24)15-6-10-20-11-7-15)21-17(26)9-13-25-12-8-14-4-2-3-5-16(14)25;/h2-5,8,12,15,20H,6-7,9-11,13H2,1H3,(H,21,22,23,26);1H. The Hall–Kier alpha value is -2.38. The van der Waals surface area contributed by atoms with E-state index in [0.717, 1.165) is 37.3 Å². The molecule has 0 bridgehead atoms. The van der Waals surface area contributed by atoms with Crippen molar-refractivity contribution in [1.82, 2.24) is 24.6 Å². The van der Waals surface area contributed by atoms with Crippen LogP contribution in [0.4, 0.5) is 5.95 Å². The highest BCUT2D eigenvalue weighted by Crippen LogP contribution is 2.23. The number of nitrogens with one attached hydrogen (secondary N) is 2. The van der Waals surface area contributed by atoms with Crippen LogP contribution in [0.2, 0.25) is 0 Å². The number of fused-ring (bicyclic) bond motifs is 1. The van der Waals surface area contributed by atoms with Crippen LogP contribution in [-0.4, -0.2) is 38.3 Å². The van der Waals surface area contributed by atoms with E-state index in [-0.39, 0.29) is 18.3 Å². The molecule has 1 amide bonds. The molecule has 27 heavy (non-hydrogen) atoms. The molecular formula is C19H25ClN6O. The average molecular weight is 389 g/mol. The lowest BCUT2D eigenvalue weighted by molar-refractivity contribution is -0.116. The Morgan fingerprint density at radius 1 is 1.26 bits per heavy atom. The predicted molar refractivity (Wildman–Crippen MR) is 108 cm³/mol. The number of aryl methyl sites for hydroxylation is 2. The molecular weight excluding hydrogens is 364 g/mol. The van der Waals surface area contributed by atoms with E-state index >= 15 is 0 Å². The van der Waals surface area contributed by atoms with E-state index in [1.807, 2.05) is 25.4 Å². The minimum atomic E-state index is -0.0462. The molecule has 0 spiro atoms. The highest BCUT2D eigenvalue weighted by Gasteiger charge is 2.21. The minimum absolute atomic E-state index is 0. The summed E-state index contributed by atoms with van der Waals surface area (Å²) in [7, 11) is 1.83. The molecule has 2 aromatic heterocycles. The van der Waals surface area contributed by atoms with Gasteiger partial charge in [-0.2, -0.15) is 10.1 Å². The van der Waals surface area contributed by atoms with Crippen LogP contribution < -0.4 is 10.6 Å². The summed E-state index contributed by atoms with van der Waals surface area (Å²) in [6, 6.07) is 10.3. The van der Waals surface area contributed by atoms with Crippen LogP contribution in [0, 0.1) is 0 Å². The first-order valence-corrected chi connectivity index (χ1v) is 9.16. The van der Waals surface area contributed by atoms with Crippen LogP contribution in [0.3, 0.4) is 0 Å². The third-order valence-electron chi connectivity index (χ3n) is 4.99. The number of piperidine rings is 1. The van der Waals surface area contributed by atoms with Gasteiger partial charge in [0.25, 0.3) is 0 Å². The Labute approximate surface area is 164 Å². The summed E-state index contributed by atoms with van der Waals surface area (Å²) in [6.07, 6.45) is 4.50. The Balaban J connectivity index is 0.00000210. The summed E-state index contributed by atoms with van der Waals surface area (Å²) < 4.78 is 3.77. The minimum Gasteiger partial charge on any atom is -0.347 e. The van der Waals surface area contributed by atoms with Crippen molar-refractivity contribution in [1.29, 1.82) is 0 Å². The van der Waals surface area contributed by atoms with Crippen molar-refractivity contribution in [2.45, 2.75) is 31.7 Å². The molecule has 0 atom stereocenters. The second kappa shape index (κ2) is 8.54. The van der Waals surface area contributed by atoms with Gasteiger partial charge in [-0.3, -0.25) is 10.1 Å². The lowest BCUT2D eigenvalue weighted by Gasteiger charge is -2.19. The number of benzene rings is 1. The van der Waals surface area contributed by atoms with Gasteiger partial charge in [-0.25, -0.2) is 4.68 Å². The fraction of sp³-hybridized carbons (Fsp3) is 0.421. The Kier molecular flexibility index (Phi) is 6.13. The Bertz CT molecular complexity index is 912. The van der Waals surface area contributed by atoms with Crippen molar-refractivity contribution < 1.29 is 4.79 Å². The molecule has 1 aromatic carbocycles. The molecule has 0 unspecified atom stereocenters. The molecule has 3 heterocycles. The zero-order chi connectivity index (χ0) is 17.9. The molecule has 7 nitrogen and oxygen atoms in total.